The number of nitrogens with one attached hydrogen (secondary N) is 1. The molecule has 0 aliphatic heterocycles. The fraction of sp³-hybridized carbons (Fsp3) is 0.636. The minimum Gasteiger partial charge on any atom is -0.383 e. The topological polar surface area (TPSA) is 97.8 Å². The summed E-state index contributed by atoms with van der Waals surface area (Å²) >= 11 is 0. The molecule has 0 fully saturated rings. The molecule has 90 valence electrons. The molecular weight excluding hydrogens is 204 g/mol. The van der Waals surface area contributed by atoms with Gasteiger partial charge in [-0.25, -0.2) is 4.98 Å². The van der Waals surface area contributed by atoms with Crippen molar-refractivity contribution in [2.45, 2.75) is 45.6 Å². The SMILES string of the molecule is CCCc1c(N)nc(C(N)CCC)[nH]c1=O. The number of anilines is 1. The molecule has 1 heterocycles. The number of aromatic nitrogens is 2. The first-order valence-corrected chi connectivity index (χ1v) is 5.74. The van der Waals surface area contributed by atoms with E-state index in [1.54, 1.807) is 0 Å². The first-order valence-electron chi connectivity index (χ1n) is 5.74. The standard InChI is InChI=1S/C11H20N4O/c1-3-5-7-9(13)14-10(15-11(7)16)8(12)6-4-2/h8H,3-6,12H2,1-2H3,(H3,13,14,15,16). The lowest BCUT2D eigenvalue weighted by Crippen LogP contribution is -2.24. The Kier molecular flexibility index (Phi) is 4.49. The molecule has 1 aromatic rings. The van der Waals surface area contributed by atoms with Crippen LogP contribution in [0.1, 0.15) is 50.5 Å². The zero-order valence-electron chi connectivity index (χ0n) is 9.92. The lowest BCUT2D eigenvalue weighted by molar-refractivity contribution is 0.598. The number of hydrogen-bond donors (Lipinski definition) is 3. The van der Waals surface area contributed by atoms with Crippen molar-refractivity contribution in [3.63, 3.8) is 0 Å². The Labute approximate surface area is 95.3 Å². The highest BCUT2D eigenvalue weighted by molar-refractivity contribution is 5.37. The van der Waals surface area contributed by atoms with Gasteiger partial charge in [-0.3, -0.25) is 4.79 Å². The Morgan fingerprint density at radius 1 is 1.38 bits per heavy atom. The first-order chi connectivity index (χ1) is 7.60. The monoisotopic (exact) mass is 224 g/mol. The molecule has 0 saturated carbocycles. The van der Waals surface area contributed by atoms with Gasteiger partial charge in [-0.15, -0.1) is 0 Å². The van der Waals surface area contributed by atoms with E-state index < -0.39 is 0 Å². The van der Waals surface area contributed by atoms with E-state index in [2.05, 4.69) is 9.97 Å². The van der Waals surface area contributed by atoms with E-state index in [9.17, 15) is 4.79 Å². The van der Waals surface area contributed by atoms with Crippen LogP contribution >= 0.6 is 0 Å². The van der Waals surface area contributed by atoms with Crippen LogP contribution in [-0.4, -0.2) is 9.97 Å². The molecule has 0 spiro atoms. The molecule has 0 aliphatic carbocycles. The number of rotatable bonds is 5. The lowest BCUT2D eigenvalue weighted by Gasteiger charge is -2.11. The van der Waals surface area contributed by atoms with Crippen LogP contribution in [0.4, 0.5) is 5.82 Å². The quantitative estimate of drug-likeness (QED) is 0.697. The van der Waals surface area contributed by atoms with Gasteiger partial charge in [0.25, 0.3) is 5.56 Å². The maximum atomic E-state index is 11.7. The van der Waals surface area contributed by atoms with E-state index in [0.717, 1.165) is 19.3 Å². The highest BCUT2D eigenvalue weighted by Crippen LogP contribution is 2.13. The zero-order valence-corrected chi connectivity index (χ0v) is 9.92. The van der Waals surface area contributed by atoms with Gasteiger partial charge in [0.05, 0.1) is 11.6 Å². The second-order valence-electron chi connectivity index (χ2n) is 3.96. The van der Waals surface area contributed by atoms with Gasteiger partial charge in [-0.05, 0) is 12.8 Å². The maximum Gasteiger partial charge on any atom is 0.256 e. The molecule has 1 aromatic heterocycles. The Hall–Kier alpha value is -1.36. The zero-order chi connectivity index (χ0) is 12.1. The van der Waals surface area contributed by atoms with E-state index in [0.29, 0.717) is 23.6 Å². The predicted octanol–water partition coefficient (Wildman–Crippen LogP) is 1.10. The van der Waals surface area contributed by atoms with Crippen LogP contribution in [0.15, 0.2) is 4.79 Å². The van der Waals surface area contributed by atoms with Gasteiger partial charge in [0.15, 0.2) is 0 Å². The molecule has 1 atom stereocenters. The smallest absolute Gasteiger partial charge is 0.256 e. The number of nitrogen functional groups attached to an aromatic ring is 1. The molecule has 0 bridgehead atoms. The van der Waals surface area contributed by atoms with E-state index >= 15 is 0 Å². The van der Waals surface area contributed by atoms with Crippen LogP contribution in [0, 0.1) is 0 Å². The van der Waals surface area contributed by atoms with Gasteiger partial charge >= 0.3 is 0 Å². The predicted molar refractivity (Wildman–Crippen MR) is 65.1 cm³/mol. The molecule has 0 aliphatic rings. The second-order valence-corrected chi connectivity index (χ2v) is 3.96. The van der Waals surface area contributed by atoms with Gasteiger partial charge in [-0.2, -0.15) is 0 Å². The van der Waals surface area contributed by atoms with Crippen molar-refractivity contribution in [2.24, 2.45) is 5.73 Å². The van der Waals surface area contributed by atoms with Crippen LogP contribution in [0.5, 0.6) is 0 Å². The van der Waals surface area contributed by atoms with Gasteiger partial charge in [-0.1, -0.05) is 26.7 Å². The summed E-state index contributed by atoms with van der Waals surface area (Å²) in [6.07, 6.45) is 3.25. The van der Waals surface area contributed by atoms with Gasteiger partial charge in [0, 0.05) is 0 Å². The molecular formula is C11H20N4O. The number of H-pyrrole nitrogens is 1. The number of nitrogens with two attached hydrogens (primary N) is 2. The second kappa shape index (κ2) is 5.65. The summed E-state index contributed by atoms with van der Waals surface area (Å²) in [6, 6.07) is -0.240. The van der Waals surface area contributed by atoms with Gasteiger partial charge in [0.2, 0.25) is 0 Å². The molecule has 5 nitrogen and oxygen atoms in total. The van der Waals surface area contributed by atoms with Crippen molar-refractivity contribution in [3.05, 3.63) is 21.7 Å². The van der Waals surface area contributed by atoms with Crippen LogP contribution in [-0.2, 0) is 6.42 Å². The third-order valence-corrected chi connectivity index (χ3v) is 2.52. The average Bonchev–Trinajstić information content (AvgIpc) is 2.23. The van der Waals surface area contributed by atoms with Crippen molar-refractivity contribution >= 4 is 5.82 Å². The summed E-state index contributed by atoms with van der Waals surface area (Å²) in [7, 11) is 0. The fourth-order valence-electron chi connectivity index (χ4n) is 1.65. The highest BCUT2D eigenvalue weighted by atomic mass is 16.1. The van der Waals surface area contributed by atoms with Gasteiger partial charge < -0.3 is 16.5 Å². The molecule has 5 N–H and O–H groups in total. The van der Waals surface area contributed by atoms with E-state index in [1.807, 2.05) is 13.8 Å². The number of hydrogen-bond acceptors (Lipinski definition) is 4. The average molecular weight is 224 g/mol. The molecule has 0 amide bonds. The van der Waals surface area contributed by atoms with Gasteiger partial charge in [0.1, 0.15) is 11.6 Å². The Morgan fingerprint density at radius 3 is 2.56 bits per heavy atom. The summed E-state index contributed by atoms with van der Waals surface area (Å²) in [5, 5.41) is 0. The third kappa shape index (κ3) is 2.82. The molecule has 1 unspecified atom stereocenters. The Balaban J connectivity index is 3.04. The maximum absolute atomic E-state index is 11.7. The molecule has 5 heteroatoms. The molecule has 1 rings (SSSR count). The van der Waals surface area contributed by atoms with Crippen molar-refractivity contribution in [1.82, 2.24) is 9.97 Å². The van der Waals surface area contributed by atoms with E-state index in [-0.39, 0.29) is 11.6 Å². The molecule has 0 saturated heterocycles. The minimum absolute atomic E-state index is 0.157. The summed E-state index contributed by atoms with van der Waals surface area (Å²) < 4.78 is 0. The summed E-state index contributed by atoms with van der Waals surface area (Å²) in [5.41, 5.74) is 12.0. The lowest BCUT2D eigenvalue weighted by atomic mass is 10.1. The summed E-state index contributed by atoms with van der Waals surface area (Å²) in [6.45, 7) is 4.03. The Bertz CT molecular complexity index is 399. The van der Waals surface area contributed by atoms with Crippen molar-refractivity contribution in [1.29, 1.82) is 0 Å². The van der Waals surface area contributed by atoms with E-state index in [4.69, 9.17) is 11.5 Å². The fourth-order valence-corrected chi connectivity index (χ4v) is 1.65. The molecule has 16 heavy (non-hydrogen) atoms. The van der Waals surface area contributed by atoms with Crippen LogP contribution in [0.2, 0.25) is 0 Å². The first kappa shape index (κ1) is 12.7. The van der Waals surface area contributed by atoms with Crippen LogP contribution in [0.25, 0.3) is 0 Å². The normalized spacial score (nSPS) is 12.7. The van der Waals surface area contributed by atoms with Crippen molar-refractivity contribution < 1.29 is 0 Å². The Morgan fingerprint density at radius 2 is 2.06 bits per heavy atom. The molecule has 0 radical (unpaired) electrons. The summed E-state index contributed by atoms with van der Waals surface area (Å²) in [5.74, 6) is 0.802. The van der Waals surface area contributed by atoms with E-state index in [1.165, 1.54) is 0 Å². The number of nitrogens with zero attached hydrogens (tertiary/aromatic N) is 1. The third-order valence-electron chi connectivity index (χ3n) is 2.52. The molecule has 0 aromatic carbocycles. The minimum atomic E-state index is -0.240. The largest absolute Gasteiger partial charge is 0.383 e. The number of aromatic amines is 1. The highest BCUT2D eigenvalue weighted by Gasteiger charge is 2.12. The van der Waals surface area contributed by atoms with Crippen LogP contribution < -0.4 is 17.0 Å². The van der Waals surface area contributed by atoms with Crippen molar-refractivity contribution in [2.75, 3.05) is 5.73 Å². The van der Waals surface area contributed by atoms with Crippen molar-refractivity contribution in [3.8, 4) is 0 Å². The van der Waals surface area contributed by atoms with Crippen LogP contribution in [0.3, 0.4) is 0 Å². The summed E-state index contributed by atoms with van der Waals surface area (Å²) in [4.78, 5) is 18.6.